The van der Waals surface area contributed by atoms with Gasteiger partial charge in [0.1, 0.15) is 5.75 Å². The Bertz CT molecular complexity index is 1500. The van der Waals surface area contributed by atoms with Crippen LogP contribution >= 0.6 is 23.2 Å². The van der Waals surface area contributed by atoms with Crippen molar-refractivity contribution >= 4 is 29.1 Å². The fourth-order valence-corrected chi connectivity index (χ4v) is 6.19. The largest absolute Gasteiger partial charge is 0.495 e. The first-order valence-corrected chi connectivity index (χ1v) is 14.5. The molecule has 0 saturated heterocycles. The molecule has 2 aromatic carbocycles. The van der Waals surface area contributed by atoms with E-state index in [9.17, 15) is 4.79 Å². The van der Waals surface area contributed by atoms with Crippen LogP contribution in [0.5, 0.6) is 5.75 Å². The number of carbonyl (C=O) groups is 1. The lowest BCUT2D eigenvalue weighted by atomic mass is 9.93. The summed E-state index contributed by atoms with van der Waals surface area (Å²) < 4.78 is 7.24. The molecule has 2 saturated carbocycles. The fourth-order valence-electron chi connectivity index (χ4n) is 5.80. The van der Waals surface area contributed by atoms with E-state index < -0.39 is 5.41 Å². The smallest absolute Gasteiger partial charge is 0.233 e. The summed E-state index contributed by atoms with van der Waals surface area (Å²) in [6.07, 6.45) is 9.54. The lowest BCUT2D eigenvalue weighted by molar-refractivity contribution is -0.136. The van der Waals surface area contributed by atoms with Gasteiger partial charge < -0.3 is 9.64 Å². The number of rotatable bonds is 9. The van der Waals surface area contributed by atoms with E-state index in [1.54, 1.807) is 19.5 Å². The van der Waals surface area contributed by atoms with Crippen LogP contribution in [0.25, 0.3) is 22.8 Å². The Kier molecular flexibility index (Phi) is 7.51. The first-order chi connectivity index (χ1) is 19.5. The minimum atomic E-state index is -0.454. The molecule has 0 bridgehead atoms. The van der Waals surface area contributed by atoms with E-state index in [4.69, 9.17) is 38.0 Å². The number of hydrogen-bond acceptors (Lipinski definition) is 5. The molecule has 2 heterocycles. The molecule has 0 aliphatic heterocycles. The summed E-state index contributed by atoms with van der Waals surface area (Å²) in [7, 11) is 1.59. The summed E-state index contributed by atoms with van der Waals surface area (Å²) in [5, 5.41) is 6.07. The zero-order valence-electron chi connectivity index (χ0n) is 22.4. The van der Waals surface area contributed by atoms with Crippen molar-refractivity contribution in [3.8, 4) is 28.5 Å². The average Bonchev–Trinajstić information content (AvgIpc) is 3.39. The van der Waals surface area contributed by atoms with Gasteiger partial charge in [0, 0.05) is 41.1 Å². The molecule has 0 spiro atoms. The highest BCUT2D eigenvalue weighted by molar-refractivity contribution is 6.32. The summed E-state index contributed by atoms with van der Waals surface area (Å²) >= 11 is 12.6. The first kappa shape index (κ1) is 26.8. The lowest BCUT2D eigenvalue weighted by Gasteiger charge is -2.33. The van der Waals surface area contributed by atoms with Crippen LogP contribution < -0.4 is 4.74 Å². The van der Waals surface area contributed by atoms with Crippen molar-refractivity contribution in [3.05, 3.63) is 82.6 Å². The Balaban J connectivity index is 1.32. The Labute approximate surface area is 244 Å². The zero-order valence-corrected chi connectivity index (χ0v) is 23.9. The minimum absolute atomic E-state index is 0.213. The van der Waals surface area contributed by atoms with E-state index in [0.717, 1.165) is 55.2 Å². The molecule has 1 amide bonds. The van der Waals surface area contributed by atoms with Crippen molar-refractivity contribution < 1.29 is 9.53 Å². The average molecular weight is 577 g/mol. The highest BCUT2D eigenvalue weighted by atomic mass is 35.5. The Hall–Kier alpha value is -3.42. The van der Waals surface area contributed by atoms with Gasteiger partial charge >= 0.3 is 0 Å². The van der Waals surface area contributed by atoms with Crippen molar-refractivity contribution in [2.24, 2.45) is 0 Å². The third-order valence-electron chi connectivity index (χ3n) is 8.16. The second-order valence-electron chi connectivity index (χ2n) is 10.6. The molecule has 2 aliphatic carbocycles. The van der Waals surface area contributed by atoms with Gasteiger partial charge in [0.2, 0.25) is 5.91 Å². The Morgan fingerprint density at radius 3 is 2.40 bits per heavy atom. The van der Waals surface area contributed by atoms with Crippen LogP contribution in [0.1, 0.15) is 44.1 Å². The first-order valence-electron chi connectivity index (χ1n) is 13.7. The predicted octanol–water partition coefficient (Wildman–Crippen LogP) is 6.83. The highest BCUT2D eigenvalue weighted by Crippen LogP contribution is 2.50. The normalized spacial score (nSPS) is 16.2. The van der Waals surface area contributed by atoms with Crippen LogP contribution in [0.15, 0.2) is 67.0 Å². The number of benzene rings is 2. The van der Waals surface area contributed by atoms with Gasteiger partial charge in [-0.2, -0.15) is 5.10 Å². The maximum atomic E-state index is 14.2. The standard InChI is InChI=1S/C31H31Cl2N5O2/c1-40-27-11-6-22(20-26(27)33)29-35-28(21-12-16-34-17-13-21)36-38(29)19-18-37(25-4-2-3-5-25)30(39)31(14-15-31)23-7-9-24(32)10-8-23/h6-13,16-17,20,25H,2-5,14-15,18-19H2,1H3. The van der Waals surface area contributed by atoms with Crippen molar-refractivity contribution in [2.45, 2.75) is 56.5 Å². The van der Waals surface area contributed by atoms with Crippen LogP contribution in [0.2, 0.25) is 10.0 Å². The lowest BCUT2D eigenvalue weighted by Crippen LogP contribution is -2.46. The third kappa shape index (κ3) is 5.20. The molecule has 2 aromatic heterocycles. The van der Waals surface area contributed by atoms with Gasteiger partial charge in [-0.25, -0.2) is 9.67 Å². The van der Waals surface area contributed by atoms with Gasteiger partial charge in [-0.05, 0) is 73.7 Å². The van der Waals surface area contributed by atoms with E-state index in [1.807, 2.05) is 59.3 Å². The van der Waals surface area contributed by atoms with E-state index in [-0.39, 0.29) is 11.9 Å². The maximum Gasteiger partial charge on any atom is 0.233 e. The van der Waals surface area contributed by atoms with Gasteiger partial charge in [-0.1, -0.05) is 48.2 Å². The van der Waals surface area contributed by atoms with Gasteiger partial charge in [0.25, 0.3) is 0 Å². The maximum absolute atomic E-state index is 14.2. The number of aromatic nitrogens is 4. The molecule has 2 aliphatic rings. The molecule has 6 rings (SSSR count). The monoisotopic (exact) mass is 575 g/mol. The molecule has 2 fully saturated rings. The Morgan fingerprint density at radius 2 is 1.75 bits per heavy atom. The number of ether oxygens (including phenoxy) is 1. The molecular formula is C31H31Cl2N5O2. The van der Waals surface area contributed by atoms with E-state index in [2.05, 4.69) is 9.88 Å². The number of nitrogens with zero attached hydrogens (tertiary/aromatic N) is 5. The molecule has 4 aromatic rings. The number of pyridine rings is 1. The molecule has 9 heteroatoms. The topological polar surface area (TPSA) is 73.1 Å². The van der Waals surface area contributed by atoms with Crippen LogP contribution in [-0.2, 0) is 16.8 Å². The quantitative estimate of drug-likeness (QED) is 0.219. The van der Waals surface area contributed by atoms with Crippen molar-refractivity contribution in [2.75, 3.05) is 13.7 Å². The third-order valence-corrected chi connectivity index (χ3v) is 8.70. The highest BCUT2D eigenvalue weighted by Gasteiger charge is 2.53. The molecule has 40 heavy (non-hydrogen) atoms. The van der Waals surface area contributed by atoms with Gasteiger partial charge in [0.05, 0.1) is 24.1 Å². The van der Waals surface area contributed by atoms with Crippen LogP contribution in [0.4, 0.5) is 0 Å². The molecule has 206 valence electrons. The molecule has 7 nitrogen and oxygen atoms in total. The number of carbonyl (C=O) groups excluding carboxylic acids is 1. The second-order valence-corrected chi connectivity index (χ2v) is 11.4. The Morgan fingerprint density at radius 1 is 1.02 bits per heavy atom. The van der Waals surface area contributed by atoms with Gasteiger partial charge in [-0.3, -0.25) is 9.78 Å². The number of hydrogen-bond donors (Lipinski definition) is 0. The second kappa shape index (κ2) is 11.2. The van der Waals surface area contributed by atoms with Gasteiger partial charge in [0.15, 0.2) is 11.6 Å². The summed E-state index contributed by atoms with van der Waals surface area (Å²) in [5.74, 6) is 2.10. The van der Waals surface area contributed by atoms with Gasteiger partial charge in [-0.15, -0.1) is 0 Å². The SMILES string of the molecule is COc1ccc(-c2nc(-c3ccncc3)nn2CCN(C(=O)C2(c3ccc(Cl)cc3)CC2)C2CCCC2)cc1Cl. The number of amides is 1. The molecule has 0 N–H and O–H groups in total. The summed E-state index contributed by atoms with van der Waals surface area (Å²) in [6.45, 7) is 1.06. The van der Waals surface area contributed by atoms with Crippen LogP contribution in [0.3, 0.4) is 0 Å². The molecule has 0 atom stereocenters. The fraction of sp³-hybridized carbons (Fsp3) is 0.355. The summed E-state index contributed by atoms with van der Waals surface area (Å²) in [4.78, 5) is 25.4. The molecule has 0 unspecified atom stereocenters. The van der Waals surface area contributed by atoms with Crippen molar-refractivity contribution in [1.82, 2.24) is 24.6 Å². The minimum Gasteiger partial charge on any atom is -0.495 e. The van der Waals surface area contributed by atoms with E-state index in [0.29, 0.717) is 40.5 Å². The molecular weight excluding hydrogens is 545 g/mol. The van der Waals surface area contributed by atoms with E-state index in [1.165, 1.54) is 0 Å². The van der Waals surface area contributed by atoms with Crippen molar-refractivity contribution in [1.29, 1.82) is 0 Å². The molecule has 0 radical (unpaired) electrons. The van der Waals surface area contributed by atoms with Crippen LogP contribution in [0, 0.1) is 0 Å². The van der Waals surface area contributed by atoms with Crippen molar-refractivity contribution in [3.63, 3.8) is 0 Å². The van der Waals surface area contributed by atoms with Crippen LogP contribution in [-0.4, -0.2) is 50.3 Å². The van der Waals surface area contributed by atoms with E-state index >= 15 is 0 Å². The summed E-state index contributed by atoms with van der Waals surface area (Å²) in [5.41, 5.74) is 2.30. The summed E-state index contributed by atoms with van der Waals surface area (Å²) in [6, 6.07) is 17.4. The number of halogens is 2. The number of methoxy groups -OCH3 is 1. The predicted molar refractivity (Wildman–Crippen MR) is 157 cm³/mol. The zero-order chi connectivity index (χ0) is 27.7.